The van der Waals surface area contributed by atoms with Crippen LogP contribution < -0.4 is 0 Å². The van der Waals surface area contributed by atoms with Crippen LogP contribution in [0.2, 0.25) is 0 Å². The third-order valence-electron chi connectivity index (χ3n) is 2.03. The van der Waals surface area contributed by atoms with Gasteiger partial charge in [0.05, 0.1) is 24.4 Å². The van der Waals surface area contributed by atoms with Gasteiger partial charge in [-0.05, 0) is 27.7 Å². The quantitative estimate of drug-likeness (QED) is 0.482. The lowest BCUT2D eigenvalue weighted by Gasteiger charge is -1.57. The van der Waals surface area contributed by atoms with E-state index in [1.165, 1.54) is 0 Å². The molecule has 10 heavy (non-hydrogen) atoms. The second-order valence-electron chi connectivity index (χ2n) is 3.09. The summed E-state index contributed by atoms with van der Waals surface area (Å²) in [7, 11) is 0. The minimum atomic E-state index is 0.551. The highest BCUT2D eigenvalue weighted by atomic mass is 16.6. The minimum absolute atomic E-state index is 0.551. The van der Waals surface area contributed by atoms with Crippen LogP contribution in [-0.4, -0.2) is 24.4 Å². The molecule has 4 atom stereocenters. The Bertz CT molecular complexity index is 87.8. The summed E-state index contributed by atoms with van der Waals surface area (Å²) in [5, 5.41) is 0. The molecule has 2 heterocycles. The first kappa shape index (κ1) is 8.02. The van der Waals surface area contributed by atoms with Crippen molar-refractivity contribution < 1.29 is 9.47 Å². The lowest BCUT2D eigenvalue weighted by molar-refractivity contribution is 0.388. The van der Waals surface area contributed by atoms with E-state index in [-0.39, 0.29) is 0 Å². The van der Waals surface area contributed by atoms with E-state index in [1.54, 1.807) is 0 Å². The predicted molar refractivity (Wildman–Crippen MR) is 40.0 cm³/mol. The zero-order valence-electron chi connectivity index (χ0n) is 7.13. The largest absolute Gasteiger partial charge is 0.370 e. The SMILES string of the molecule is C[C@@H]1O[C@H]1C.C[C@H]1O[C@@H]1C. The number of ether oxygens (including phenoxy) is 2. The van der Waals surface area contributed by atoms with E-state index in [9.17, 15) is 0 Å². The number of hydrogen-bond donors (Lipinski definition) is 0. The number of rotatable bonds is 0. The van der Waals surface area contributed by atoms with Crippen molar-refractivity contribution in [1.29, 1.82) is 0 Å². The van der Waals surface area contributed by atoms with Gasteiger partial charge < -0.3 is 9.47 Å². The minimum Gasteiger partial charge on any atom is -0.370 e. The first-order chi connectivity index (χ1) is 4.61. The monoisotopic (exact) mass is 144 g/mol. The Balaban J connectivity index is 0.0000001000. The van der Waals surface area contributed by atoms with Crippen molar-refractivity contribution in [1.82, 2.24) is 0 Å². The van der Waals surface area contributed by atoms with E-state index in [0.717, 1.165) is 0 Å². The number of hydrogen-bond acceptors (Lipinski definition) is 2. The van der Waals surface area contributed by atoms with Crippen LogP contribution in [0.5, 0.6) is 0 Å². The molecular weight excluding hydrogens is 128 g/mol. The zero-order chi connectivity index (χ0) is 7.72. The molecule has 0 unspecified atom stereocenters. The molecule has 0 N–H and O–H groups in total. The van der Waals surface area contributed by atoms with Crippen LogP contribution in [0, 0.1) is 0 Å². The average Bonchev–Trinajstić information content (AvgIpc) is 2.62. The smallest absolute Gasteiger partial charge is 0.0811 e. The molecule has 2 nitrogen and oxygen atoms in total. The molecule has 2 saturated heterocycles. The van der Waals surface area contributed by atoms with Crippen molar-refractivity contribution in [3.05, 3.63) is 0 Å². The molecule has 0 aromatic carbocycles. The van der Waals surface area contributed by atoms with Gasteiger partial charge in [0, 0.05) is 0 Å². The molecule has 0 bridgehead atoms. The van der Waals surface area contributed by atoms with Gasteiger partial charge in [-0.3, -0.25) is 0 Å². The summed E-state index contributed by atoms with van der Waals surface area (Å²) >= 11 is 0. The maximum absolute atomic E-state index is 4.92. The van der Waals surface area contributed by atoms with Gasteiger partial charge in [0.1, 0.15) is 0 Å². The Kier molecular flexibility index (Phi) is 2.32. The molecule has 0 spiro atoms. The molecule has 0 radical (unpaired) electrons. The number of epoxide rings is 2. The topological polar surface area (TPSA) is 25.1 Å². The van der Waals surface area contributed by atoms with Crippen LogP contribution in [-0.2, 0) is 9.47 Å². The fraction of sp³-hybridized carbons (Fsp3) is 1.00. The zero-order valence-corrected chi connectivity index (χ0v) is 7.13. The van der Waals surface area contributed by atoms with Crippen molar-refractivity contribution in [3.63, 3.8) is 0 Å². The van der Waals surface area contributed by atoms with Crippen molar-refractivity contribution in [2.75, 3.05) is 0 Å². The van der Waals surface area contributed by atoms with E-state index in [1.807, 2.05) is 0 Å². The second-order valence-corrected chi connectivity index (χ2v) is 3.09. The third-order valence-corrected chi connectivity index (χ3v) is 2.03. The molecular formula is C8H16O2. The van der Waals surface area contributed by atoms with Gasteiger partial charge in [-0.1, -0.05) is 0 Å². The van der Waals surface area contributed by atoms with Crippen LogP contribution in [0.1, 0.15) is 27.7 Å². The van der Waals surface area contributed by atoms with Crippen LogP contribution in [0.15, 0.2) is 0 Å². The first-order valence-electron chi connectivity index (χ1n) is 3.92. The molecule has 2 rings (SSSR count). The highest BCUT2D eigenvalue weighted by molar-refractivity contribution is 4.73. The summed E-state index contributed by atoms with van der Waals surface area (Å²) in [5.74, 6) is 0. The van der Waals surface area contributed by atoms with Crippen LogP contribution in [0.3, 0.4) is 0 Å². The highest BCUT2D eigenvalue weighted by Crippen LogP contribution is 2.18. The third kappa shape index (κ3) is 2.67. The fourth-order valence-electron chi connectivity index (χ4n) is 0.586. The Hall–Kier alpha value is -0.0800. The highest BCUT2D eigenvalue weighted by Gasteiger charge is 2.28. The first-order valence-corrected chi connectivity index (χ1v) is 3.92. The molecule has 0 amide bonds. The lowest BCUT2D eigenvalue weighted by atomic mass is 10.4. The van der Waals surface area contributed by atoms with Crippen molar-refractivity contribution in [2.24, 2.45) is 0 Å². The van der Waals surface area contributed by atoms with Gasteiger partial charge in [0.25, 0.3) is 0 Å². The molecule has 0 aromatic heterocycles. The molecule has 2 aliphatic rings. The molecule has 2 fully saturated rings. The summed E-state index contributed by atoms with van der Waals surface area (Å²) in [6.07, 6.45) is 2.20. The molecule has 0 aliphatic carbocycles. The van der Waals surface area contributed by atoms with Gasteiger partial charge in [0.2, 0.25) is 0 Å². The van der Waals surface area contributed by atoms with Crippen molar-refractivity contribution >= 4 is 0 Å². The van der Waals surface area contributed by atoms with Gasteiger partial charge >= 0.3 is 0 Å². The maximum atomic E-state index is 4.92. The molecule has 2 heteroatoms. The van der Waals surface area contributed by atoms with Crippen LogP contribution >= 0.6 is 0 Å². The summed E-state index contributed by atoms with van der Waals surface area (Å²) in [6, 6.07) is 0. The maximum Gasteiger partial charge on any atom is 0.0811 e. The Morgan fingerprint density at radius 2 is 0.700 bits per heavy atom. The summed E-state index contributed by atoms with van der Waals surface area (Å²) in [5.41, 5.74) is 0. The van der Waals surface area contributed by atoms with Gasteiger partial charge in [0.15, 0.2) is 0 Å². The Morgan fingerprint density at radius 3 is 0.700 bits per heavy atom. The fourth-order valence-corrected chi connectivity index (χ4v) is 0.586. The van der Waals surface area contributed by atoms with E-state index < -0.39 is 0 Å². The molecule has 2 aliphatic heterocycles. The Morgan fingerprint density at radius 1 is 0.600 bits per heavy atom. The normalized spacial score (nSPS) is 49.2. The summed E-state index contributed by atoms with van der Waals surface area (Å²) in [4.78, 5) is 0. The molecule has 0 aromatic rings. The van der Waals surface area contributed by atoms with Crippen LogP contribution in [0.25, 0.3) is 0 Å². The lowest BCUT2D eigenvalue weighted by Crippen LogP contribution is -1.74. The van der Waals surface area contributed by atoms with E-state index in [0.29, 0.717) is 24.4 Å². The molecule has 60 valence electrons. The standard InChI is InChI=1S/2C4H8O/c2*1-3-4(2)5-3/h2*3-4H,1-2H3/t2*3-,4-/m10/s1. The van der Waals surface area contributed by atoms with E-state index in [4.69, 9.17) is 9.47 Å². The van der Waals surface area contributed by atoms with Crippen molar-refractivity contribution in [2.45, 2.75) is 52.1 Å². The summed E-state index contributed by atoms with van der Waals surface area (Å²) < 4.78 is 9.83. The van der Waals surface area contributed by atoms with E-state index in [2.05, 4.69) is 27.7 Å². The van der Waals surface area contributed by atoms with Gasteiger partial charge in [-0.2, -0.15) is 0 Å². The second kappa shape index (κ2) is 2.89. The molecule has 0 saturated carbocycles. The average molecular weight is 144 g/mol. The Labute approximate surface area is 62.5 Å². The van der Waals surface area contributed by atoms with Crippen LogP contribution in [0.4, 0.5) is 0 Å². The van der Waals surface area contributed by atoms with Gasteiger partial charge in [-0.25, -0.2) is 0 Å². The van der Waals surface area contributed by atoms with Crippen molar-refractivity contribution in [3.8, 4) is 0 Å². The van der Waals surface area contributed by atoms with Gasteiger partial charge in [-0.15, -0.1) is 0 Å². The summed E-state index contributed by atoms with van der Waals surface area (Å²) in [6.45, 7) is 8.30. The van der Waals surface area contributed by atoms with E-state index >= 15 is 0 Å². The predicted octanol–water partition coefficient (Wildman–Crippen LogP) is 1.59.